The van der Waals surface area contributed by atoms with Gasteiger partial charge < -0.3 is 10.0 Å². The maximum absolute atomic E-state index is 13.8. The highest BCUT2D eigenvalue weighted by Crippen LogP contribution is 2.29. The zero-order chi connectivity index (χ0) is 15.6. The van der Waals surface area contributed by atoms with Gasteiger partial charge in [-0.1, -0.05) is 0 Å². The molecule has 0 radical (unpaired) electrons. The molecule has 9 heteroatoms. The maximum Gasteiger partial charge on any atom is 0.419 e. The fraction of sp³-hybridized carbons (Fsp3) is 0.417. The molecule has 1 N–H and O–H groups in total. The molecule has 0 aromatic carbocycles. The van der Waals surface area contributed by atoms with Crippen LogP contribution in [0.1, 0.15) is 12.0 Å². The van der Waals surface area contributed by atoms with Crippen LogP contribution in [0.4, 0.5) is 23.5 Å². The Morgan fingerprint density at radius 1 is 1.38 bits per heavy atom. The Kier molecular flexibility index (Phi) is 4.10. The van der Waals surface area contributed by atoms with Crippen molar-refractivity contribution in [2.75, 3.05) is 18.0 Å². The quantitative estimate of drug-likeness (QED) is 0.669. The molecule has 5 nitrogen and oxygen atoms in total. The van der Waals surface area contributed by atoms with Gasteiger partial charge in [-0.25, -0.2) is 19.2 Å². The molecule has 1 unspecified atom stereocenters. The van der Waals surface area contributed by atoms with Crippen molar-refractivity contribution in [2.24, 2.45) is 0 Å². The summed E-state index contributed by atoms with van der Waals surface area (Å²) in [5, 5.41) is 8.59. The number of carboxylic acids is 1. The van der Waals surface area contributed by atoms with Gasteiger partial charge in [0.05, 0.1) is 12.1 Å². The van der Waals surface area contributed by atoms with Gasteiger partial charge in [-0.15, -0.1) is 0 Å². The van der Waals surface area contributed by atoms with Crippen molar-refractivity contribution in [1.29, 1.82) is 0 Å². The van der Waals surface area contributed by atoms with Crippen molar-refractivity contribution < 1.29 is 27.5 Å². The topological polar surface area (TPSA) is 66.3 Å². The SMILES string of the molecule is O=C(O)/C=C1/CCN(c2ncc(C(F)(F)F)cn2)CC1F. The van der Waals surface area contributed by atoms with Gasteiger partial charge in [0.1, 0.15) is 6.17 Å². The Hall–Kier alpha value is -2.19. The second-order valence-electron chi connectivity index (χ2n) is 4.49. The molecule has 0 amide bonds. The first-order chi connectivity index (χ1) is 9.77. The van der Waals surface area contributed by atoms with Gasteiger partial charge in [0, 0.05) is 25.0 Å². The number of aromatic nitrogens is 2. The second-order valence-corrected chi connectivity index (χ2v) is 4.49. The number of hydrogen-bond acceptors (Lipinski definition) is 4. The highest BCUT2D eigenvalue weighted by Gasteiger charge is 2.32. The molecule has 114 valence electrons. The van der Waals surface area contributed by atoms with Crippen molar-refractivity contribution in [3.63, 3.8) is 0 Å². The standard InChI is InChI=1S/C12H11F4N3O2/c13-9-6-19(2-1-7(9)3-10(20)21)11-17-4-8(5-18-11)12(14,15)16/h3-5,9H,1-2,6H2,(H,20,21)/b7-3-. The molecule has 0 spiro atoms. The first kappa shape index (κ1) is 15.2. The molecule has 1 aliphatic heterocycles. The van der Waals surface area contributed by atoms with Gasteiger partial charge >= 0.3 is 12.1 Å². The number of carbonyl (C=O) groups is 1. The van der Waals surface area contributed by atoms with Gasteiger partial charge in [-0.3, -0.25) is 0 Å². The third-order valence-corrected chi connectivity index (χ3v) is 3.01. The summed E-state index contributed by atoms with van der Waals surface area (Å²) in [6.07, 6.45) is -3.80. The summed E-state index contributed by atoms with van der Waals surface area (Å²) in [4.78, 5) is 19.1. The zero-order valence-corrected chi connectivity index (χ0v) is 10.6. The van der Waals surface area contributed by atoms with Gasteiger partial charge in [-0.05, 0) is 12.0 Å². The monoisotopic (exact) mass is 305 g/mol. The van der Waals surface area contributed by atoms with Crippen molar-refractivity contribution >= 4 is 11.9 Å². The summed E-state index contributed by atoms with van der Waals surface area (Å²) in [7, 11) is 0. The second kappa shape index (κ2) is 5.66. The molecule has 1 saturated heterocycles. The molecule has 1 fully saturated rings. The van der Waals surface area contributed by atoms with Crippen LogP contribution >= 0.6 is 0 Å². The van der Waals surface area contributed by atoms with Crippen LogP contribution in [0.2, 0.25) is 0 Å². The molecule has 0 saturated carbocycles. The number of halogens is 4. The lowest BCUT2D eigenvalue weighted by molar-refractivity contribution is -0.138. The Bertz CT molecular complexity index is 557. The van der Waals surface area contributed by atoms with Crippen LogP contribution in [0.3, 0.4) is 0 Å². The molecule has 2 heterocycles. The van der Waals surface area contributed by atoms with E-state index >= 15 is 0 Å². The van der Waals surface area contributed by atoms with E-state index in [1.165, 1.54) is 4.90 Å². The summed E-state index contributed by atoms with van der Waals surface area (Å²) in [6, 6.07) is 0. The number of alkyl halides is 4. The van der Waals surface area contributed by atoms with E-state index in [-0.39, 0.29) is 31.0 Å². The van der Waals surface area contributed by atoms with Crippen LogP contribution in [0.15, 0.2) is 24.0 Å². The number of rotatable bonds is 2. The fourth-order valence-electron chi connectivity index (χ4n) is 1.96. The first-order valence-electron chi connectivity index (χ1n) is 5.99. The van der Waals surface area contributed by atoms with Crippen LogP contribution in [0.5, 0.6) is 0 Å². The van der Waals surface area contributed by atoms with E-state index in [0.717, 1.165) is 6.08 Å². The third-order valence-electron chi connectivity index (χ3n) is 3.01. The van der Waals surface area contributed by atoms with Crippen LogP contribution in [-0.2, 0) is 11.0 Å². The van der Waals surface area contributed by atoms with E-state index in [4.69, 9.17) is 5.11 Å². The van der Waals surface area contributed by atoms with Crippen LogP contribution in [0.25, 0.3) is 0 Å². The molecule has 1 aromatic rings. The Morgan fingerprint density at radius 2 is 2.00 bits per heavy atom. The average molecular weight is 305 g/mol. The summed E-state index contributed by atoms with van der Waals surface area (Å²) >= 11 is 0. The zero-order valence-electron chi connectivity index (χ0n) is 10.6. The third kappa shape index (κ3) is 3.67. The highest BCUT2D eigenvalue weighted by atomic mass is 19.4. The van der Waals surface area contributed by atoms with Crippen LogP contribution in [0, 0.1) is 0 Å². The number of anilines is 1. The summed E-state index contributed by atoms with van der Waals surface area (Å²) < 4.78 is 50.9. The number of hydrogen-bond donors (Lipinski definition) is 1. The fourth-order valence-corrected chi connectivity index (χ4v) is 1.96. The predicted octanol–water partition coefficient (Wildman–Crippen LogP) is 2.05. The largest absolute Gasteiger partial charge is 0.478 e. The van der Waals surface area contributed by atoms with Gasteiger partial charge in [0.15, 0.2) is 0 Å². The number of carboxylic acid groups (broad SMARTS) is 1. The number of piperidine rings is 1. The molecule has 0 aliphatic carbocycles. The molecular formula is C12H11F4N3O2. The van der Waals surface area contributed by atoms with E-state index in [2.05, 4.69) is 9.97 Å². The van der Waals surface area contributed by atoms with E-state index in [0.29, 0.717) is 12.4 Å². The predicted molar refractivity (Wildman–Crippen MR) is 64.5 cm³/mol. The van der Waals surface area contributed by atoms with Crippen LogP contribution < -0.4 is 4.90 Å². The van der Waals surface area contributed by atoms with E-state index < -0.39 is 23.9 Å². The Balaban J connectivity index is 2.10. The average Bonchev–Trinajstić information content (AvgIpc) is 2.40. The van der Waals surface area contributed by atoms with Gasteiger partial charge in [-0.2, -0.15) is 13.2 Å². The molecule has 0 bridgehead atoms. The molecular weight excluding hydrogens is 294 g/mol. The number of aliphatic carboxylic acids is 1. The molecule has 1 aromatic heterocycles. The lowest BCUT2D eigenvalue weighted by Crippen LogP contribution is -2.39. The van der Waals surface area contributed by atoms with Crippen molar-refractivity contribution in [1.82, 2.24) is 9.97 Å². The maximum atomic E-state index is 13.8. The first-order valence-corrected chi connectivity index (χ1v) is 5.99. The van der Waals surface area contributed by atoms with Gasteiger partial charge in [0.2, 0.25) is 5.95 Å². The minimum absolute atomic E-state index is 0.0139. The molecule has 1 atom stereocenters. The van der Waals surface area contributed by atoms with Crippen LogP contribution in [-0.4, -0.2) is 40.3 Å². The van der Waals surface area contributed by atoms with Crippen molar-refractivity contribution in [3.8, 4) is 0 Å². The Morgan fingerprint density at radius 3 is 2.48 bits per heavy atom. The highest BCUT2D eigenvalue weighted by molar-refractivity contribution is 5.81. The lowest BCUT2D eigenvalue weighted by Gasteiger charge is -2.30. The normalized spacial score (nSPS) is 21.6. The summed E-state index contributed by atoms with van der Waals surface area (Å²) in [5.74, 6) is -1.24. The summed E-state index contributed by atoms with van der Waals surface area (Å²) in [6.45, 7) is 0.0510. The molecule has 21 heavy (non-hydrogen) atoms. The summed E-state index contributed by atoms with van der Waals surface area (Å²) in [5.41, 5.74) is -0.836. The van der Waals surface area contributed by atoms with Gasteiger partial charge in [0.25, 0.3) is 0 Å². The molecule has 1 aliphatic rings. The van der Waals surface area contributed by atoms with E-state index in [9.17, 15) is 22.4 Å². The van der Waals surface area contributed by atoms with E-state index in [1.807, 2.05) is 0 Å². The van der Waals surface area contributed by atoms with Crippen molar-refractivity contribution in [2.45, 2.75) is 18.8 Å². The van der Waals surface area contributed by atoms with Crippen molar-refractivity contribution in [3.05, 3.63) is 29.6 Å². The smallest absolute Gasteiger partial charge is 0.419 e. The molecule has 2 rings (SSSR count). The number of nitrogens with zero attached hydrogens (tertiary/aromatic N) is 3. The van der Waals surface area contributed by atoms with E-state index in [1.54, 1.807) is 0 Å². The minimum atomic E-state index is -4.53. The Labute approximate surface area is 116 Å². The lowest BCUT2D eigenvalue weighted by atomic mass is 10.0. The minimum Gasteiger partial charge on any atom is -0.478 e.